The Kier molecular flexibility index (Phi) is 5.43. The number of hydrogen-bond donors (Lipinski definition) is 1. The van der Waals surface area contributed by atoms with Crippen LogP contribution in [0.3, 0.4) is 0 Å². The van der Waals surface area contributed by atoms with Gasteiger partial charge in [-0.15, -0.1) is 0 Å². The third-order valence-corrected chi connectivity index (χ3v) is 4.75. The first-order valence-corrected chi connectivity index (χ1v) is 9.57. The number of aromatic nitrogens is 1. The Morgan fingerprint density at radius 2 is 1.54 bits per heavy atom. The van der Waals surface area contributed by atoms with Crippen molar-refractivity contribution in [3.8, 4) is 29.4 Å². The second-order valence-electron chi connectivity index (χ2n) is 6.65. The summed E-state index contributed by atoms with van der Waals surface area (Å²) in [7, 11) is 0. The summed E-state index contributed by atoms with van der Waals surface area (Å²) in [5.41, 5.74) is 4.49. The number of para-hydroxylation sites is 2. The minimum absolute atomic E-state index is 0.226. The first-order valence-electron chi connectivity index (χ1n) is 9.57. The van der Waals surface area contributed by atoms with Crippen molar-refractivity contribution in [3.63, 3.8) is 0 Å². The van der Waals surface area contributed by atoms with Crippen LogP contribution in [0.1, 0.15) is 24.8 Å². The number of unbranched alkanes of at least 4 members (excludes halogenated alkanes) is 2. The molecule has 0 atom stereocenters. The van der Waals surface area contributed by atoms with Crippen molar-refractivity contribution in [1.29, 1.82) is 0 Å². The largest absolute Gasteiger partial charge is 0.396 e. The lowest BCUT2D eigenvalue weighted by Gasteiger charge is -2.07. The van der Waals surface area contributed by atoms with E-state index < -0.39 is 0 Å². The summed E-state index contributed by atoms with van der Waals surface area (Å²) in [4.78, 5) is 0. The Labute approximate surface area is 165 Å². The first kappa shape index (κ1) is 17.9. The summed E-state index contributed by atoms with van der Waals surface area (Å²) in [6, 6.07) is 25.2. The van der Waals surface area contributed by atoms with E-state index in [2.05, 4.69) is 95.0 Å². The van der Waals surface area contributed by atoms with E-state index in [-0.39, 0.29) is 6.61 Å². The van der Waals surface area contributed by atoms with E-state index in [9.17, 15) is 0 Å². The Morgan fingerprint density at radius 3 is 2.39 bits per heavy atom. The fourth-order valence-electron chi connectivity index (χ4n) is 3.44. The van der Waals surface area contributed by atoms with Crippen molar-refractivity contribution in [1.82, 2.24) is 4.57 Å². The second kappa shape index (κ2) is 8.49. The Bertz CT molecular complexity index is 1230. The summed E-state index contributed by atoms with van der Waals surface area (Å²) in [5, 5.41) is 11.2. The fourth-order valence-corrected chi connectivity index (χ4v) is 3.44. The third kappa shape index (κ3) is 3.65. The Balaban J connectivity index is 1.74. The minimum Gasteiger partial charge on any atom is -0.396 e. The molecule has 4 aromatic rings. The van der Waals surface area contributed by atoms with Crippen molar-refractivity contribution in [3.05, 3.63) is 78.4 Å². The SMILES string of the molecule is OCCCCC#CC#Cc1ccc2c(c1)c1ccccc1n2-c1ccccc1. The normalized spacial score (nSPS) is 10.3. The molecule has 136 valence electrons. The molecule has 2 nitrogen and oxygen atoms in total. The highest BCUT2D eigenvalue weighted by atomic mass is 16.2. The van der Waals surface area contributed by atoms with Gasteiger partial charge in [-0.3, -0.25) is 0 Å². The van der Waals surface area contributed by atoms with Crippen molar-refractivity contribution in [2.24, 2.45) is 0 Å². The van der Waals surface area contributed by atoms with Crippen LogP contribution >= 0.6 is 0 Å². The smallest absolute Gasteiger partial charge is 0.0541 e. The van der Waals surface area contributed by atoms with Gasteiger partial charge in [0.2, 0.25) is 0 Å². The molecule has 0 aliphatic heterocycles. The molecule has 28 heavy (non-hydrogen) atoms. The van der Waals surface area contributed by atoms with Crippen molar-refractivity contribution < 1.29 is 5.11 Å². The molecule has 0 saturated carbocycles. The van der Waals surface area contributed by atoms with Gasteiger partial charge in [-0.05, 0) is 61.1 Å². The maximum atomic E-state index is 8.78. The van der Waals surface area contributed by atoms with Crippen LogP contribution in [0.25, 0.3) is 27.5 Å². The van der Waals surface area contributed by atoms with Crippen LogP contribution in [0, 0.1) is 23.7 Å². The number of aliphatic hydroxyl groups is 1. The van der Waals surface area contributed by atoms with Gasteiger partial charge >= 0.3 is 0 Å². The third-order valence-electron chi connectivity index (χ3n) is 4.75. The zero-order valence-electron chi connectivity index (χ0n) is 15.7. The molecule has 2 heteroatoms. The van der Waals surface area contributed by atoms with E-state index in [4.69, 9.17) is 5.11 Å². The highest BCUT2D eigenvalue weighted by molar-refractivity contribution is 6.09. The van der Waals surface area contributed by atoms with Crippen LogP contribution in [0.15, 0.2) is 72.8 Å². The van der Waals surface area contributed by atoms with Crippen LogP contribution in [-0.2, 0) is 0 Å². The van der Waals surface area contributed by atoms with Gasteiger partial charge in [-0.1, -0.05) is 48.2 Å². The zero-order valence-corrected chi connectivity index (χ0v) is 15.7. The molecule has 0 bridgehead atoms. The Hall–Kier alpha value is -3.46. The predicted octanol–water partition coefficient (Wildman–Crippen LogP) is 5.30. The standard InChI is InChI=1S/C26H21NO/c28-19-11-4-2-1-3-6-12-21-17-18-26-24(20-21)23-15-9-10-16-25(23)27(26)22-13-7-5-8-14-22/h5,7-10,13-18,20,28H,2,4,11,19H2. The molecule has 0 amide bonds. The molecule has 0 saturated heterocycles. The van der Waals surface area contributed by atoms with Crippen LogP contribution in [0.4, 0.5) is 0 Å². The summed E-state index contributed by atoms with van der Waals surface area (Å²) in [6.45, 7) is 0.226. The molecule has 1 aromatic heterocycles. The number of aliphatic hydroxyl groups excluding tert-OH is 1. The zero-order chi connectivity index (χ0) is 19.2. The van der Waals surface area contributed by atoms with E-state index in [1.54, 1.807) is 0 Å². The first-order chi connectivity index (χ1) is 13.9. The number of nitrogens with zero attached hydrogens (tertiary/aromatic N) is 1. The maximum Gasteiger partial charge on any atom is 0.0541 e. The topological polar surface area (TPSA) is 25.2 Å². The molecule has 0 aliphatic carbocycles. The van der Waals surface area contributed by atoms with Crippen molar-refractivity contribution in [2.45, 2.75) is 19.3 Å². The number of hydrogen-bond acceptors (Lipinski definition) is 1. The lowest BCUT2D eigenvalue weighted by Crippen LogP contribution is -1.92. The van der Waals surface area contributed by atoms with E-state index in [1.807, 2.05) is 6.07 Å². The van der Waals surface area contributed by atoms with Gasteiger partial charge in [0.05, 0.1) is 11.0 Å². The van der Waals surface area contributed by atoms with E-state index in [0.29, 0.717) is 0 Å². The summed E-state index contributed by atoms with van der Waals surface area (Å²) >= 11 is 0. The monoisotopic (exact) mass is 363 g/mol. The highest BCUT2D eigenvalue weighted by Crippen LogP contribution is 2.32. The summed E-state index contributed by atoms with van der Waals surface area (Å²) in [6.07, 6.45) is 2.49. The van der Waals surface area contributed by atoms with E-state index in [0.717, 1.165) is 30.5 Å². The maximum absolute atomic E-state index is 8.78. The molecular weight excluding hydrogens is 342 g/mol. The van der Waals surface area contributed by atoms with Gasteiger partial charge in [0.25, 0.3) is 0 Å². The molecular formula is C26H21NO. The van der Waals surface area contributed by atoms with Gasteiger partial charge in [-0.2, -0.15) is 0 Å². The van der Waals surface area contributed by atoms with Crippen LogP contribution in [-0.4, -0.2) is 16.3 Å². The molecule has 1 heterocycles. The quantitative estimate of drug-likeness (QED) is 0.386. The van der Waals surface area contributed by atoms with Gasteiger partial charge in [-0.25, -0.2) is 0 Å². The predicted molar refractivity (Wildman–Crippen MR) is 116 cm³/mol. The average molecular weight is 363 g/mol. The summed E-state index contributed by atoms with van der Waals surface area (Å²) < 4.78 is 2.29. The number of fused-ring (bicyclic) bond motifs is 3. The van der Waals surface area contributed by atoms with Crippen molar-refractivity contribution >= 4 is 21.8 Å². The van der Waals surface area contributed by atoms with E-state index in [1.165, 1.54) is 21.8 Å². The van der Waals surface area contributed by atoms with Crippen LogP contribution in [0.2, 0.25) is 0 Å². The highest BCUT2D eigenvalue weighted by Gasteiger charge is 2.11. The Morgan fingerprint density at radius 1 is 0.750 bits per heavy atom. The molecule has 3 aromatic carbocycles. The van der Waals surface area contributed by atoms with Gasteiger partial charge in [0, 0.05) is 35.1 Å². The lowest BCUT2D eigenvalue weighted by molar-refractivity contribution is 0.285. The minimum atomic E-state index is 0.226. The average Bonchev–Trinajstić information content (AvgIpc) is 3.07. The van der Waals surface area contributed by atoms with Crippen molar-refractivity contribution in [2.75, 3.05) is 6.61 Å². The molecule has 0 spiro atoms. The molecule has 0 fully saturated rings. The molecule has 0 unspecified atom stereocenters. The second-order valence-corrected chi connectivity index (χ2v) is 6.65. The van der Waals surface area contributed by atoms with Crippen LogP contribution in [0.5, 0.6) is 0 Å². The molecule has 4 rings (SSSR count). The molecule has 1 N–H and O–H groups in total. The molecule has 0 radical (unpaired) electrons. The van der Waals surface area contributed by atoms with E-state index >= 15 is 0 Å². The van der Waals surface area contributed by atoms with Gasteiger partial charge < -0.3 is 9.67 Å². The van der Waals surface area contributed by atoms with Gasteiger partial charge in [0.15, 0.2) is 0 Å². The molecule has 0 aliphatic rings. The lowest BCUT2D eigenvalue weighted by atomic mass is 10.1. The fraction of sp³-hybridized carbons (Fsp3) is 0.154. The number of benzene rings is 3. The number of rotatable bonds is 4. The van der Waals surface area contributed by atoms with Gasteiger partial charge in [0.1, 0.15) is 0 Å². The van der Waals surface area contributed by atoms with Crippen LogP contribution < -0.4 is 0 Å². The summed E-state index contributed by atoms with van der Waals surface area (Å²) in [5.74, 6) is 12.1.